The zero-order valence-corrected chi connectivity index (χ0v) is 23.2. The fourth-order valence-electron chi connectivity index (χ4n) is 4.89. The lowest BCUT2D eigenvalue weighted by molar-refractivity contribution is -0.133. The van der Waals surface area contributed by atoms with E-state index >= 15 is 0 Å². The third kappa shape index (κ3) is 5.83. The van der Waals surface area contributed by atoms with Gasteiger partial charge in [0, 0.05) is 37.1 Å². The van der Waals surface area contributed by atoms with Crippen LogP contribution in [0.2, 0.25) is 5.02 Å². The predicted octanol–water partition coefficient (Wildman–Crippen LogP) is 5.55. The Morgan fingerprint density at radius 3 is 2.41 bits per heavy atom. The molecule has 10 heteroatoms. The molecule has 0 saturated carbocycles. The van der Waals surface area contributed by atoms with Gasteiger partial charge in [-0.1, -0.05) is 31.9 Å². The number of hydrogen-bond acceptors (Lipinski definition) is 6. The Kier molecular flexibility index (Phi) is 7.97. The number of piperazine rings is 1. The van der Waals surface area contributed by atoms with Crippen molar-refractivity contribution in [3.8, 4) is 11.4 Å². The van der Waals surface area contributed by atoms with Crippen molar-refractivity contribution in [3.05, 3.63) is 70.9 Å². The number of fused-ring (bicyclic) bond motifs is 1. The second-order valence-corrected chi connectivity index (χ2v) is 10.3. The van der Waals surface area contributed by atoms with Gasteiger partial charge in [0.2, 0.25) is 0 Å². The molecule has 2 aromatic carbocycles. The molecule has 4 aromatic rings. The van der Waals surface area contributed by atoms with E-state index in [0.29, 0.717) is 42.6 Å². The quantitative estimate of drug-likeness (QED) is 0.286. The van der Waals surface area contributed by atoms with Gasteiger partial charge < -0.3 is 14.5 Å². The third-order valence-corrected chi connectivity index (χ3v) is 7.29. The highest BCUT2D eigenvalue weighted by molar-refractivity contribution is 6.30. The van der Waals surface area contributed by atoms with Gasteiger partial charge in [-0.15, -0.1) is 0 Å². The molecule has 1 saturated heterocycles. The van der Waals surface area contributed by atoms with Crippen LogP contribution in [0.3, 0.4) is 0 Å². The van der Waals surface area contributed by atoms with Crippen LogP contribution < -0.4 is 9.64 Å². The van der Waals surface area contributed by atoms with Gasteiger partial charge in [0.05, 0.1) is 16.8 Å². The Hall–Kier alpha value is -3.72. The number of ether oxygens (including phenoxy) is 1. The van der Waals surface area contributed by atoms with E-state index in [1.165, 1.54) is 12.1 Å². The van der Waals surface area contributed by atoms with Gasteiger partial charge in [-0.3, -0.25) is 4.79 Å². The lowest BCUT2D eigenvalue weighted by Crippen LogP contribution is -2.50. The molecule has 204 valence electrons. The molecule has 0 radical (unpaired) electrons. The van der Waals surface area contributed by atoms with E-state index in [-0.39, 0.29) is 24.2 Å². The summed E-state index contributed by atoms with van der Waals surface area (Å²) >= 11 is 5.92. The van der Waals surface area contributed by atoms with Gasteiger partial charge >= 0.3 is 0 Å². The summed E-state index contributed by atoms with van der Waals surface area (Å²) in [4.78, 5) is 26.9. The second kappa shape index (κ2) is 11.6. The lowest BCUT2D eigenvalue weighted by atomic mass is 10.1. The maximum Gasteiger partial charge on any atom is 0.260 e. The van der Waals surface area contributed by atoms with E-state index < -0.39 is 0 Å². The van der Waals surface area contributed by atoms with Gasteiger partial charge in [0.15, 0.2) is 12.3 Å². The Balaban J connectivity index is 1.39. The molecule has 1 aliphatic heterocycles. The second-order valence-electron chi connectivity index (χ2n) is 9.88. The summed E-state index contributed by atoms with van der Waals surface area (Å²) in [6.07, 6.45) is 1.98. The molecule has 1 atom stereocenters. The first-order chi connectivity index (χ1) is 18.8. The maximum absolute atomic E-state index is 13.6. The van der Waals surface area contributed by atoms with E-state index in [1.54, 1.807) is 41.1 Å². The number of aromatic nitrogens is 4. The fraction of sp³-hybridized carbons (Fsp3) is 0.379. The van der Waals surface area contributed by atoms with Crippen LogP contribution in [0.5, 0.6) is 5.75 Å². The van der Waals surface area contributed by atoms with Crippen LogP contribution in [-0.2, 0) is 4.79 Å². The van der Waals surface area contributed by atoms with Crippen molar-refractivity contribution in [2.75, 3.05) is 37.7 Å². The molecular formula is C29H32ClFN6O2. The van der Waals surface area contributed by atoms with Gasteiger partial charge in [0.25, 0.3) is 5.91 Å². The van der Waals surface area contributed by atoms with Crippen molar-refractivity contribution in [2.24, 2.45) is 0 Å². The standard InChI is InChI=1S/C29H32ClFN6O2/c1-4-5-19(2)27-32-28(26-20(3)34-37(29(26)33-27)23-10-8-22(31)9-11-23)36-16-14-35(15-17-36)25(38)18-39-24-12-6-21(30)7-13-24/h6-13,19H,4-5,14-18H2,1-3H3. The molecular weight excluding hydrogens is 519 g/mol. The SMILES string of the molecule is CCCC(C)c1nc(N2CCN(C(=O)COc3ccc(Cl)cc3)CC2)c2c(C)nn(-c3ccc(F)cc3)c2n1. The number of benzene rings is 2. The highest BCUT2D eigenvalue weighted by Gasteiger charge is 2.27. The molecule has 1 unspecified atom stereocenters. The minimum atomic E-state index is -0.300. The monoisotopic (exact) mass is 550 g/mol. The Morgan fingerprint density at radius 1 is 1.05 bits per heavy atom. The molecule has 8 nitrogen and oxygen atoms in total. The van der Waals surface area contributed by atoms with Crippen LogP contribution in [-0.4, -0.2) is 63.3 Å². The summed E-state index contributed by atoms with van der Waals surface area (Å²) in [6, 6.07) is 13.2. The van der Waals surface area contributed by atoms with E-state index in [9.17, 15) is 9.18 Å². The Bertz CT molecular complexity index is 1450. The van der Waals surface area contributed by atoms with Crippen LogP contribution in [0.1, 0.15) is 44.1 Å². The molecule has 0 bridgehead atoms. The number of anilines is 1. The summed E-state index contributed by atoms with van der Waals surface area (Å²) < 4.78 is 21.0. The highest BCUT2D eigenvalue weighted by Crippen LogP contribution is 2.32. The Labute approximate surface area is 232 Å². The van der Waals surface area contributed by atoms with Gasteiger partial charge in [-0.25, -0.2) is 19.0 Å². The van der Waals surface area contributed by atoms with Crippen molar-refractivity contribution in [1.82, 2.24) is 24.6 Å². The lowest BCUT2D eigenvalue weighted by Gasteiger charge is -2.35. The first-order valence-corrected chi connectivity index (χ1v) is 13.7. The third-order valence-electron chi connectivity index (χ3n) is 7.04. The van der Waals surface area contributed by atoms with Crippen molar-refractivity contribution in [3.63, 3.8) is 0 Å². The highest BCUT2D eigenvalue weighted by atomic mass is 35.5. The molecule has 0 N–H and O–H groups in total. The van der Waals surface area contributed by atoms with Gasteiger partial charge in [-0.2, -0.15) is 5.10 Å². The van der Waals surface area contributed by atoms with Crippen LogP contribution in [0, 0.1) is 12.7 Å². The molecule has 1 amide bonds. The first-order valence-electron chi connectivity index (χ1n) is 13.3. The molecule has 0 aliphatic carbocycles. The normalized spacial score (nSPS) is 14.6. The van der Waals surface area contributed by atoms with Crippen LogP contribution in [0.25, 0.3) is 16.7 Å². The van der Waals surface area contributed by atoms with Crippen molar-refractivity contribution >= 4 is 34.4 Å². The number of nitrogens with zero attached hydrogens (tertiary/aromatic N) is 6. The topological polar surface area (TPSA) is 76.4 Å². The number of carbonyl (C=O) groups excluding carboxylic acids is 1. The van der Waals surface area contributed by atoms with E-state index in [2.05, 4.69) is 18.7 Å². The number of rotatable bonds is 8. The van der Waals surface area contributed by atoms with Crippen LogP contribution >= 0.6 is 11.6 Å². The van der Waals surface area contributed by atoms with E-state index in [0.717, 1.165) is 41.3 Å². The largest absolute Gasteiger partial charge is 0.484 e. The number of carbonyl (C=O) groups is 1. The van der Waals surface area contributed by atoms with Crippen molar-refractivity contribution in [2.45, 2.75) is 39.5 Å². The van der Waals surface area contributed by atoms with Crippen LogP contribution in [0.4, 0.5) is 10.2 Å². The van der Waals surface area contributed by atoms with Crippen LogP contribution in [0.15, 0.2) is 48.5 Å². The molecule has 1 fully saturated rings. The smallest absolute Gasteiger partial charge is 0.260 e. The Morgan fingerprint density at radius 2 is 1.74 bits per heavy atom. The molecule has 3 heterocycles. The van der Waals surface area contributed by atoms with Crippen molar-refractivity contribution in [1.29, 1.82) is 0 Å². The number of halogens is 2. The molecule has 2 aromatic heterocycles. The molecule has 0 spiro atoms. The average molecular weight is 551 g/mol. The summed E-state index contributed by atoms with van der Waals surface area (Å²) in [7, 11) is 0. The number of aryl methyl sites for hydroxylation is 1. The molecule has 1 aliphatic rings. The van der Waals surface area contributed by atoms with E-state index in [4.69, 9.17) is 31.4 Å². The number of hydrogen-bond donors (Lipinski definition) is 0. The maximum atomic E-state index is 13.6. The number of amides is 1. The fourth-order valence-corrected chi connectivity index (χ4v) is 5.01. The first kappa shape index (κ1) is 26.9. The zero-order valence-electron chi connectivity index (χ0n) is 22.4. The predicted molar refractivity (Wildman–Crippen MR) is 150 cm³/mol. The van der Waals surface area contributed by atoms with Gasteiger partial charge in [0.1, 0.15) is 23.2 Å². The molecule has 5 rings (SSSR count). The summed E-state index contributed by atoms with van der Waals surface area (Å²) in [5.74, 6) is 2.01. The minimum Gasteiger partial charge on any atom is -0.484 e. The summed E-state index contributed by atoms with van der Waals surface area (Å²) in [6.45, 7) is 8.56. The zero-order chi connectivity index (χ0) is 27.5. The molecule has 39 heavy (non-hydrogen) atoms. The van der Waals surface area contributed by atoms with Crippen molar-refractivity contribution < 1.29 is 13.9 Å². The summed E-state index contributed by atoms with van der Waals surface area (Å²) in [5.41, 5.74) is 2.25. The van der Waals surface area contributed by atoms with Gasteiger partial charge in [-0.05, 0) is 61.9 Å². The average Bonchev–Trinajstić information content (AvgIpc) is 3.29. The minimum absolute atomic E-state index is 0.0262. The summed E-state index contributed by atoms with van der Waals surface area (Å²) in [5, 5.41) is 6.26. The van der Waals surface area contributed by atoms with E-state index in [1.807, 2.05) is 11.8 Å².